The van der Waals surface area contributed by atoms with Gasteiger partial charge in [0, 0.05) is 31.3 Å². The molecule has 0 saturated carbocycles. The Kier molecular flexibility index (Phi) is 5.78. The van der Waals surface area contributed by atoms with E-state index in [9.17, 15) is 9.59 Å². The SMILES string of the molecule is CCc1cc(C(=O)NCCCC(N)=O)cc(NC)n1. The standard InChI is InChI=1S/C13H20N4O2/c1-3-10-7-9(8-12(15-2)17-10)13(19)16-6-4-5-11(14)18/h7-8H,3-6H2,1-2H3,(H2,14,18)(H,15,17)(H,16,19). The van der Waals surface area contributed by atoms with Crippen LogP contribution in [0, 0.1) is 0 Å². The van der Waals surface area contributed by atoms with Gasteiger partial charge in [0.05, 0.1) is 0 Å². The summed E-state index contributed by atoms with van der Waals surface area (Å²) in [4.78, 5) is 26.8. The molecule has 4 N–H and O–H groups in total. The Morgan fingerprint density at radius 1 is 1.37 bits per heavy atom. The highest BCUT2D eigenvalue weighted by molar-refractivity contribution is 5.95. The molecule has 0 atom stereocenters. The molecule has 0 spiro atoms. The van der Waals surface area contributed by atoms with Crippen LogP contribution in [0.15, 0.2) is 12.1 Å². The fraction of sp³-hybridized carbons (Fsp3) is 0.462. The van der Waals surface area contributed by atoms with Crippen LogP contribution in [0.2, 0.25) is 0 Å². The first kappa shape index (κ1) is 14.9. The van der Waals surface area contributed by atoms with Gasteiger partial charge in [0.2, 0.25) is 5.91 Å². The lowest BCUT2D eigenvalue weighted by atomic mass is 10.1. The lowest BCUT2D eigenvalue weighted by molar-refractivity contribution is -0.118. The molecule has 6 heteroatoms. The van der Waals surface area contributed by atoms with Gasteiger partial charge in [0.25, 0.3) is 5.91 Å². The molecular formula is C13H20N4O2. The highest BCUT2D eigenvalue weighted by Crippen LogP contribution is 2.10. The van der Waals surface area contributed by atoms with Crippen LogP contribution in [0.4, 0.5) is 5.82 Å². The van der Waals surface area contributed by atoms with Gasteiger partial charge in [0.15, 0.2) is 0 Å². The number of carbonyl (C=O) groups is 2. The Morgan fingerprint density at radius 2 is 2.11 bits per heavy atom. The van der Waals surface area contributed by atoms with Crippen LogP contribution < -0.4 is 16.4 Å². The Morgan fingerprint density at radius 3 is 2.68 bits per heavy atom. The summed E-state index contributed by atoms with van der Waals surface area (Å²) < 4.78 is 0. The Labute approximate surface area is 112 Å². The third-order valence-electron chi connectivity index (χ3n) is 2.64. The molecule has 0 aromatic carbocycles. The summed E-state index contributed by atoms with van der Waals surface area (Å²) in [5.41, 5.74) is 6.45. The predicted octanol–water partition coefficient (Wildman–Crippen LogP) is 0.681. The van der Waals surface area contributed by atoms with Crippen molar-refractivity contribution in [3.63, 3.8) is 0 Å². The van der Waals surface area contributed by atoms with E-state index in [1.807, 2.05) is 6.92 Å². The molecule has 0 aliphatic rings. The molecule has 1 rings (SSSR count). The molecule has 0 saturated heterocycles. The molecule has 19 heavy (non-hydrogen) atoms. The van der Waals surface area contributed by atoms with Gasteiger partial charge in [-0.05, 0) is 25.0 Å². The van der Waals surface area contributed by atoms with Crippen molar-refractivity contribution in [2.75, 3.05) is 18.9 Å². The molecule has 1 aromatic heterocycles. The smallest absolute Gasteiger partial charge is 0.251 e. The van der Waals surface area contributed by atoms with Crippen molar-refractivity contribution < 1.29 is 9.59 Å². The molecule has 1 aromatic rings. The summed E-state index contributed by atoms with van der Waals surface area (Å²) in [5, 5.41) is 5.68. The number of pyridine rings is 1. The van der Waals surface area contributed by atoms with E-state index < -0.39 is 0 Å². The third kappa shape index (κ3) is 4.95. The lowest BCUT2D eigenvalue weighted by Crippen LogP contribution is -2.26. The molecule has 0 unspecified atom stereocenters. The van der Waals surface area contributed by atoms with Gasteiger partial charge in [-0.25, -0.2) is 4.98 Å². The number of primary amides is 1. The van der Waals surface area contributed by atoms with Gasteiger partial charge in [-0.2, -0.15) is 0 Å². The van der Waals surface area contributed by atoms with Crippen molar-refractivity contribution >= 4 is 17.6 Å². The van der Waals surface area contributed by atoms with Crippen LogP contribution in [-0.2, 0) is 11.2 Å². The fourth-order valence-electron chi connectivity index (χ4n) is 1.59. The Bertz CT molecular complexity index is 438. The lowest BCUT2D eigenvalue weighted by Gasteiger charge is -2.08. The summed E-state index contributed by atoms with van der Waals surface area (Å²) >= 11 is 0. The van der Waals surface area contributed by atoms with Crippen LogP contribution in [0.1, 0.15) is 35.8 Å². The molecular weight excluding hydrogens is 244 g/mol. The van der Waals surface area contributed by atoms with Gasteiger partial charge in [-0.3, -0.25) is 9.59 Å². The number of aromatic nitrogens is 1. The van der Waals surface area contributed by atoms with Gasteiger partial charge in [-0.15, -0.1) is 0 Å². The number of aryl methyl sites for hydroxylation is 1. The average Bonchev–Trinajstić information content (AvgIpc) is 2.42. The molecule has 0 bridgehead atoms. The minimum atomic E-state index is -0.358. The zero-order valence-electron chi connectivity index (χ0n) is 11.3. The van der Waals surface area contributed by atoms with Crippen molar-refractivity contribution in [2.24, 2.45) is 5.73 Å². The number of amides is 2. The van der Waals surface area contributed by atoms with Gasteiger partial charge >= 0.3 is 0 Å². The van der Waals surface area contributed by atoms with E-state index in [0.29, 0.717) is 24.3 Å². The first-order chi connectivity index (χ1) is 9.06. The van der Waals surface area contributed by atoms with Crippen LogP contribution >= 0.6 is 0 Å². The molecule has 1 heterocycles. The summed E-state index contributed by atoms with van der Waals surface area (Å²) in [6.45, 7) is 2.41. The normalized spacial score (nSPS) is 10.0. The van der Waals surface area contributed by atoms with Crippen LogP contribution in [0.3, 0.4) is 0 Å². The van der Waals surface area contributed by atoms with E-state index in [1.165, 1.54) is 0 Å². The maximum absolute atomic E-state index is 11.9. The minimum absolute atomic E-state index is 0.168. The number of hydrogen-bond acceptors (Lipinski definition) is 4. The topological polar surface area (TPSA) is 97.1 Å². The minimum Gasteiger partial charge on any atom is -0.373 e. The van der Waals surface area contributed by atoms with Crippen molar-refractivity contribution in [3.05, 3.63) is 23.4 Å². The van der Waals surface area contributed by atoms with Crippen LogP contribution in [0.25, 0.3) is 0 Å². The molecule has 0 fully saturated rings. The van der Waals surface area contributed by atoms with E-state index in [2.05, 4.69) is 15.6 Å². The van der Waals surface area contributed by atoms with E-state index >= 15 is 0 Å². The first-order valence-electron chi connectivity index (χ1n) is 6.32. The number of nitrogens with zero attached hydrogens (tertiary/aromatic N) is 1. The van der Waals surface area contributed by atoms with Gasteiger partial charge < -0.3 is 16.4 Å². The number of nitrogens with two attached hydrogens (primary N) is 1. The largest absolute Gasteiger partial charge is 0.373 e. The number of hydrogen-bond donors (Lipinski definition) is 3. The zero-order valence-corrected chi connectivity index (χ0v) is 11.3. The van der Waals surface area contributed by atoms with Crippen molar-refractivity contribution in [1.82, 2.24) is 10.3 Å². The maximum Gasteiger partial charge on any atom is 0.251 e. The number of nitrogens with one attached hydrogen (secondary N) is 2. The first-order valence-corrected chi connectivity index (χ1v) is 6.32. The summed E-state index contributed by atoms with van der Waals surface area (Å²) in [6.07, 6.45) is 1.59. The van der Waals surface area contributed by atoms with E-state index in [-0.39, 0.29) is 18.2 Å². The average molecular weight is 264 g/mol. The quantitative estimate of drug-likeness (QED) is 0.631. The molecule has 0 aliphatic heterocycles. The third-order valence-corrected chi connectivity index (χ3v) is 2.64. The number of anilines is 1. The van der Waals surface area contributed by atoms with Crippen molar-refractivity contribution in [2.45, 2.75) is 26.2 Å². The Balaban J connectivity index is 2.63. The highest BCUT2D eigenvalue weighted by atomic mass is 16.2. The molecule has 0 radical (unpaired) electrons. The maximum atomic E-state index is 11.9. The van der Waals surface area contributed by atoms with Crippen molar-refractivity contribution in [1.29, 1.82) is 0 Å². The second kappa shape index (κ2) is 7.35. The zero-order chi connectivity index (χ0) is 14.3. The fourth-order valence-corrected chi connectivity index (χ4v) is 1.59. The summed E-state index contributed by atoms with van der Waals surface area (Å²) in [5.74, 6) is 0.142. The molecule has 2 amide bonds. The monoisotopic (exact) mass is 264 g/mol. The number of carbonyl (C=O) groups excluding carboxylic acids is 2. The number of rotatable bonds is 7. The second-order valence-electron chi connectivity index (χ2n) is 4.16. The summed E-state index contributed by atoms with van der Waals surface area (Å²) in [6, 6.07) is 3.47. The molecule has 104 valence electrons. The molecule has 0 aliphatic carbocycles. The van der Waals surface area contributed by atoms with Crippen molar-refractivity contribution in [3.8, 4) is 0 Å². The van der Waals surface area contributed by atoms with Crippen LogP contribution in [-0.4, -0.2) is 30.4 Å². The van der Waals surface area contributed by atoms with E-state index in [0.717, 1.165) is 12.1 Å². The summed E-state index contributed by atoms with van der Waals surface area (Å²) in [7, 11) is 1.76. The Hall–Kier alpha value is -2.11. The van der Waals surface area contributed by atoms with E-state index in [1.54, 1.807) is 19.2 Å². The van der Waals surface area contributed by atoms with Gasteiger partial charge in [0.1, 0.15) is 5.82 Å². The van der Waals surface area contributed by atoms with Crippen LogP contribution in [0.5, 0.6) is 0 Å². The highest BCUT2D eigenvalue weighted by Gasteiger charge is 2.08. The predicted molar refractivity (Wildman–Crippen MR) is 73.9 cm³/mol. The van der Waals surface area contributed by atoms with Gasteiger partial charge in [-0.1, -0.05) is 6.92 Å². The van der Waals surface area contributed by atoms with E-state index in [4.69, 9.17) is 5.73 Å². The molecule has 6 nitrogen and oxygen atoms in total. The second-order valence-corrected chi connectivity index (χ2v) is 4.16.